The van der Waals surface area contributed by atoms with Crippen molar-refractivity contribution in [2.75, 3.05) is 6.26 Å². The number of thioether (sulfide) groups is 1. The lowest BCUT2D eigenvalue weighted by Gasteiger charge is -2.13. The van der Waals surface area contributed by atoms with Crippen molar-refractivity contribution in [3.8, 4) is 0 Å². The first-order valence-corrected chi connectivity index (χ1v) is 8.53. The molecule has 0 aliphatic rings. The minimum Gasteiger partial charge on any atom is -0.337 e. The molecule has 0 amide bonds. The van der Waals surface area contributed by atoms with Gasteiger partial charge in [0.2, 0.25) is 5.89 Å². The van der Waals surface area contributed by atoms with E-state index in [4.69, 9.17) is 4.52 Å². The molecule has 3 aromatic rings. The van der Waals surface area contributed by atoms with Gasteiger partial charge in [-0.15, -0.1) is 0 Å². The average molecular weight is 314 g/mol. The summed E-state index contributed by atoms with van der Waals surface area (Å²) in [5.74, 6) is 3.32. The van der Waals surface area contributed by atoms with Gasteiger partial charge in [0.25, 0.3) is 0 Å². The highest BCUT2D eigenvalue weighted by Crippen LogP contribution is 2.23. The number of rotatable bonds is 6. The summed E-state index contributed by atoms with van der Waals surface area (Å²) >= 11 is 1.68. The van der Waals surface area contributed by atoms with Crippen LogP contribution in [0.15, 0.2) is 47.2 Å². The van der Waals surface area contributed by atoms with Gasteiger partial charge in [0.1, 0.15) is 12.4 Å². The van der Waals surface area contributed by atoms with Gasteiger partial charge >= 0.3 is 0 Å². The van der Waals surface area contributed by atoms with Crippen molar-refractivity contribution >= 4 is 11.8 Å². The zero-order valence-corrected chi connectivity index (χ0v) is 13.5. The Morgan fingerprint density at radius 2 is 2.09 bits per heavy atom. The fourth-order valence-electron chi connectivity index (χ4n) is 2.41. The van der Waals surface area contributed by atoms with Crippen molar-refractivity contribution in [1.82, 2.24) is 19.7 Å². The van der Waals surface area contributed by atoms with Crippen molar-refractivity contribution in [2.45, 2.75) is 25.1 Å². The first-order valence-electron chi connectivity index (χ1n) is 7.14. The van der Waals surface area contributed by atoms with E-state index >= 15 is 0 Å². The molecule has 2 aromatic heterocycles. The van der Waals surface area contributed by atoms with Crippen molar-refractivity contribution in [1.29, 1.82) is 0 Å². The Morgan fingerprint density at radius 1 is 1.27 bits per heavy atom. The molecule has 1 unspecified atom stereocenters. The van der Waals surface area contributed by atoms with Crippen LogP contribution in [0, 0.1) is 0 Å². The normalized spacial score (nSPS) is 12.5. The molecule has 3 rings (SSSR count). The van der Waals surface area contributed by atoms with Crippen LogP contribution in [0.4, 0.5) is 0 Å². The minimum atomic E-state index is 0.213. The van der Waals surface area contributed by atoms with E-state index in [-0.39, 0.29) is 5.92 Å². The van der Waals surface area contributed by atoms with E-state index in [0.717, 1.165) is 17.4 Å². The summed E-state index contributed by atoms with van der Waals surface area (Å²) in [6, 6.07) is 10.4. The van der Waals surface area contributed by atoms with E-state index in [1.165, 1.54) is 5.56 Å². The lowest BCUT2D eigenvalue weighted by atomic mass is 10.0. The first kappa shape index (κ1) is 14.8. The van der Waals surface area contributed by atoms with Gasteiger partial charge in [0.15, 0.2) is 5.82 Å². The molecule has 6 heteroatoms. The van der Waals surface area contributed by atoms with E-state index in [1.807, 2.05) is 36.8 Å². The number of nitrogens with zero attached hydrogens (tertiary/aromatic N) is 4. The topological polar surface area (TPSA) is 56.7 Å². The summed E-state index contributed by atoms with van der Waals surface area (Å²) in [5, 5.41) is 3.98. The van der Waals surface area contributed by atoms with E-state index in [9.17, 15) is 0 Å². The van der Waals surface area contributed by atoms with Gasteiger partial charge < -0.3 is 9.09 Å². The molecule has 0 fully saturated rings. The Kier molecular flexibility index (Phi) is 4.58. The smallest absolute Gasteiger partial charge is 0.246 e. The number of hydrogen-bond acceptors (Lipinski definition) is 5. The molecular formula is C16H18N4OS. The van der Waals surface area contributed by atoms with E-state index in [2.05, 4.69) is 38.7 Å². The fourth-order valence-corrected chi connectivity index (χ4v) is 2.79. The molecule has 114 valence electrons. The van der Waals surface area contributed by atoms with E-state index in [0.29, 0.717) is 12.4 Å². The van der Waals surface area contributed by atoms with Crippen LogP contribution < -0.4 is 0 Å². The highest BCUT2D eigenvalue weighted by atomic mass is 32.2. The zero-order valence-electron chi connectivity index (χ0n) is 12.6. The lowest BCUT2D eigenvalue weighted by molar-refractivity contribution is 0.365. The number of hydrogen-bond donors (Lipinski definition) is 0. The highest BCUT2D eigenvalue weighted by Gasteiger charge is 2.16. The fraction of sp³-hybridized carbons (Fsp3) is 0.312. The molecule has 1 aromatic carbocycles. The Labute approximate surface area is 133 Å². The first-order chi connectivity index (χ1) is 10.8. The lowest BCUT2D eigenvalue weighted by Crippen LogP contribution is -2.09. The second-order valence-corrected chi connectivity index (χ2v) is 5.95. The summed E-state index contributed by atoms with van der Waals surface area (Å²) in [6.45, 7) is 2.70. The molecule has 0 saturated carbocycles. The van der Waals surface area contributed by atoms with Gasteiger partial charge in [-0.3, -0.25) is 0 Å². The van der Waals surface area contributed by atoms with Crippen LogP contribution >= 0.6 is 11.8 Å². The quantitative estimate of drug-likeness (QED) is 0.698. The zero-order chi connectivity index (χ0) is 15.4. The van der Waals surface area contributed by atoms with Gasteiger partial charge in [-0.2, -0.15) is 16.7 Å². The van der Waals surface area contributed by atoms with Gasteiger partial charge in [-0.05, 0) is 11.8 Å². The van der Waals surface area contributed by atoms with Gasteiger partial charge in [0, 0.05) is 18.3 Å². The Balaban J connectivity index is 1.79. The molecule has 1 atom stereocenters. The predicted octanol–water partition coefficient (Wildman–Crippen LogP) is 3.33. The molecule has 22 heavy (non-hydrogen) atoms. The van der Waals surface area contributed by atoms with Crippen LogP contribution in [0.1, 0.15) is 35.9 Å². The predicted molar refractivity (Wildman–Crippen MR) is 86.8 cm³/mol. The maximum absolute atomic E-state index is 5.31. The molecule has 5 nitrogen and oxygen atoms in total. The minimum absolute atomic E-state index is 0.213. The molecule has 0 spiro atoms. The molecule has 0 N–H and O–H groups in total. The maximum Gasteiger partial charge on any atom is 0.246 e. The molecule has 0 saturated heterocycles. The molecule has 2 heterocycles. The largest absolute Gasteiger partial charge is 0.337 e. The molecule has 0 aliphatic carbocycles. The van der Waals surface area contributed by atoms with Crippen molar-refractivity contribution in [3.05, 3.63) is 65.8 Å². The van der Waals surface area contributed by atoms with E-state index in [1.54, 1.807) is 11.8 Å². The third kappa shape index (κ3) is 3.22. The van der Waals surface area contributed by atoms with Gasteiger partial charge in [-0.25, -0.2) is 4.98 Å². The molecular weight excluding hydrogens is 296 g/mol. The Hall–Kier alpha value is -2.08. The third-order valence-electron chi connectivity index (χ3n) is 3.52. The SMILES string of the molecule is CSCc1noc(Cn2ccnc2C(C)c2ccccc2)n1. The number of aromatic nitrogens is 4. The van der Waals surface area contributed by atoms with Crippen LogP contribution in [-0.2, 0) is 12.3 Å². The summed E-state index contributed by atoms with van der Waals surface area (Å²) < 4.78 is 7.37. The second kappa shape index (κ2) is 6.79. The van der Waals surface area contributed by atoms with Crippen molar-refractivity contribution in [3.63, 3.8) is 0 Å². The van der Waals surface area contributed by atoms with Crippen LogP contribution in [0.3, 0.4) is 0 Å². The van der Waals surface area contributed by atoms with Crippen LogP contribution in [0.25, 0.3) is 0 Å². The Bertz CT molecular complexity index is 723. The number of benzene rings is 1. The monoisotopic (exact) mass is 314 g/mol. The second-order valence-electron chi connectivity index (χ2n) is 5.08. The standard InChI is InChI=1S/C16H18N4OS/c1-12(13-6-4-3-5-7-13)16-17-8-9-20(16)10-15-18-14(11-22-2)19-21-15/h3-9,12H,10-11H2,1-2H3. The molecule has 0 aliphatic heterocycles. The maximum atomic E-state index is 5.31. The molecule has 0 radical (unpaired) electrons. The molecule has 0 bridgehead atoms. The van der Waals surface area contributed by atoms with Crippen LogP contribution in [0.5, 0.6) is 0 Å². The van der Waals surface area contributed by atoms with Crippen LogP contribution in [-0.4, -0.2) is 25.9 Å². The van der Waals surface area contributed by atoms with E-state index < -0.39 is 0 Å². The highest BCUT2D eigenvalue weighted by molar-refractivity contribution is 7.97. The summed E-state index contributed by atoms with van der Waals surface area (Å²) in [6.07, 6.45) is 5.78. The van der Waals surface area contributed by atoms with Crippen LogP contribution in [0.2, 0.25) is 0 Å². The summed E-state index contributed by atoms with van der Waals surface area (Å²) in [4.78, 5) is 8.90. The third-order valence-corrected chi connectivity index (χ3v) is 4.07. The number of imidazole rings is 1. The van der Waals surface area contributed by atoms with Crippen molar-refractivity contribution < 1.29 is 4.52 Å². The summed E-state index contributed by atoms with van der Waals surface area (Å²) in [7, 11) is 0. The summed E-state index contributed by atoms with van der Waals surface area (Å²) in [5.41, 5.74) is 1.24. The average Bonchev–Trinajstić information content (AvgIpc) is 3.18. The van der Waals surface area contributed by atoms with Crippen molar-refractivity contribution in [2.24, 2.45) is 0 Å². The Morgan fingerprint density at radius 3 is 2.86 bits per heavy atom. The van der Waals surface area contributed by atoms with Gasteiger partial charge in [-0.1, -0.05) is 42.4 Å². The van der Waals surface area contributed by atoms with Gasteiger partial charge in [0.05, 0.1) is 5.75 Å².